The first-order chi connectivity index (χ1) is 13.1. The summed E-state index contributed by atoms with van der Waals surface area (Å²) in [4.78, 5) is 11.9. The maximum Gasteiger partial charge on any atom is 0.137 e. The third-order valence-corrected chi connectivity index (χ3v) is 4.98. The van der Waals surface area contributed by atoms with Gasteiger partial charge in [0.2, 0.25) is 0 Å². The molecule has 0 spiro atoms. The van der Waals surface area contributed by atoms with Crippen LogP contribution in [0.15, 0.2) is 79.3 Å². The number of nitrogens with one attached hydrogen (secondary N) is 1. The Hall–Kier alpha value is -3.27. The highest BCUT2D eigenvalue weighted by Crippen LogP contribution is 2.34. The number of nitrogens with zero attached hydrogens (tertiary/aromatic N) is 2. The number of aromatic amines is 1. The highest BCUT2D eigenvalue weighted by Gasteiger charge is 2.26. The summed E-state index contributed by atoms with van der Waals surface area (Å²) in [5.41, 5.74) is 3.87. The first kappa shape index (κ1) is 17.2. The number of rotatable bonds is 4. The lowest BCUT2D eigenvalue weighted by molar-refractivity contribution is 0.594. The van der Waals surface area contributed by atoms with E-state index in [0.29, 0.717) is 5.56 Å². The van der Waals surface area contributed by atoms with Crippen LogP contribution in [0.25, 0.3) is 22.5 Å². The summed E-state index contributed by atoms with van der Waals surface area (Å²) in [6.07, 6.45) is 5.29. The van der Waals surface area contributed by atoms with Crippen molar-refractivity contribution in [1.29, 1.82) is 0 Å². The van der Waals surface area contributed by atoms with Crippen LogP contribution in [0.3, 0.4) is 0 Å². The van der Waals surface area contributed by atoms with E-state index >= 15 is 0 Å². The van der Waals surface area contributed by atoms with Crippen LogP contribution >= 0.6 is 0 Å². The molecule has 134 valence electrons. The van der Waals surface area contributed by atoms with Crippen LogP contribution in [0.2, 0.25) is 0 Å². The number of hydrogen-bond donors (Lipinski definition) is 1. The van der Waals surface area contributed by atoms with E-state index in [1.54, 1.807) is 18.5 Å². The molecular formula is C23H20FN3. The van der Waals surface area contributed by atoms with Gasteiger partial charge in [0.05, 0.1) is 0 Å². The second kappa shape index (κ2) is 6.80. The first-order valence-corrected chi connectivity index (χ1v) is 8.87. The molecule has 3 nitrogen and oxygen atoms in total. The summed E-state index contributed by atoms with van der Waals surface area (Å²) in [5, 5.41) is 0. The first-order valence-electron chi connectivity index (χ1n) is 8.87. The van der Waals surface area contributed by atoms with E-state index in [1.807, 2.05) is 60.8 Å². The predicted molar refractivity (Wildman–Crippen MR) is 106 cm³/mol. The van der Waals surface area contributed by atoms with Crippen LogP contribution in [-0.4, -0.2) is 15.0 Å². The van der Waals surface area contributed by atoms with Gasteiger partial charge in [-0.1, -0.05) is 56.3 Å². The van der Waals surface area contributed by atoms with E-state index in [0.717, 1.165) is 28.2 Å². The summed E-state index contributed by atoms with van der Waals surface area (Å²) >= 11 is 0. The van der Waals surface area contributed by atoms with Gasteiger partial charge in [0, 0.05) is 40.8 Å². The van der Waals surface area contributed by atoms with Gasteiger partial charge in [-0.05, 0) is 29.3 Å². The Kier molecular flexibility index (Phi) is 4.32. The zero-order valence-corrected chi connectivity index (χ0v) is 15.3. The van der Waals surface area contributed by atoms with Crippen molar-refractivity contribution < 1.29 is 4.39 Å². The van der Waals surface area contributed by atoms with Crippen LogP contribution in [0.1, 0.15) is 25.1 Å². The number of aromatic nitrogens is 3. The maximum absolute atomic E-state index is 14.8. The molecule has 4 rings (SSSR count). The smallest absolute Gasteiger partial charge is 0.137 e. The second-order valence-electron chi connectivity index (χ2n) is 7.07. The van der Waals surface area contributed by atoms with Gasteiger partial charge in [-0.25, -0.2) is 9.37 Å². The molecule has 0 bridgehead atoms. The van der Waals surface area contributed by atoms with Crippen molar-refractivity contribution >= 4 is 0 Å². The number of H-pyrrole nitrogens is 1. The lowest BCUT2D eigenvalue weighted by atomic mass is 9.81. The third kappa shape index (κ3) is 3.26. The lowest BCUT2D eigenvalue weighted by Gasteiger charge is -2.24. The highest BCUT2D eigenvalue weighted by atomic mass is 19.1. The van der Waals surface area contributed by atoms with Crippen molar-refractivity contribution in [3.05, 3.63) is 96.3 Å². The zero-order valence-electron chi connectivity index (χ0n) is 15.3. The largest absolute Gasteiger partial charge is 0.341 e. The molecule has 2 aromatic heterocycles. The number of pyridine rings is 1. The molecular weight excluding hydrogens is 337 g/mol. The van der Waals surface area contributed by atoms with Crippen molar-refractivity contribution in [2.75, 3.05) is 0 Å². The fourth-order valence-corrected chi connectivity index (χ4v) is 3.21. The maximum atomic E-state index is 14.8. The monoisotopic (exact) mass is 357 g/mol. The molecule has 0 atom stereocenters. The standard InChI is InChI=1S/C23H20FN3/c1-23(2,21-15-26-22(27-21)17-10-12-25-13-11-17)18-8-9-19(20(24)14-18)16-6-4-3-5-7-16/h3-15H,1-2H3,(H,26,27). The van der Waals surface area contributed by atoms with Gasteiger partial charge in [-0.15, -0.1) is 0 Å². The summed E-state index contributed by atoms with van der Waals surface area (Å²) < 4.78 is 14.8. The van der Waals surface area contributed by atoms with Crippen LogP contribution in [0, 0.1) is 5.82 Å². The molecule has 0 unspecified atom stereocenters. The number of benzene rings is 2. The van der Waals surface area contributed by atoms with Gasteiger partial charge in [-0.3, -0.25) is 4.98 Å². The molecule has 27 heavy (non-hydrogen) atoms. The fourth-order valence-electron chi connectivity index (χ4n) is 3.21. The summed E-state index contributed by atoms with van der Waals surface area (Å²) in [7, 11) is 0. The minimum Gasteiger partial charge on any atom is -0.341 e. The molecule has 0 saturated carbocycles. The molecule has 0 amide bonds. The third-order valence-electron chi connectivity index (χ3n) is 4.98. The van der Waals surface area contributed by atoms with Crippen LogP contribution < -0.4 is 0 Å². The van der Waals surface area contributed by atoms with Crippen LogP contribution in [-0.2, 0) is 5.41 Å². The Labute approximate surface area is 158 Å². The molecule has 2 heterocycles. The second-order valence-corrected chi connectivity index (χ2v) is 7.07. The molecule has 2 aromatic carbocycles. The van der Waals surface area contributed by atoms with Gasteiger partial charge in [0.15, 0.2) is 0 Å². The normalized spacial score (nSPS) is 11.5. The number of imidazole rings is 1. The average Bonchev–Trinajstić information content (AvgIpc) is 3.20. The van der Waals surface area contributed by atoms with Crippen LogP contribution in [0.4, 0.5) is 4.39 Å². The molecule has 0 aliphatic heterocycles. The van der Waals surface area contributed by atoms with E-state index in [4.69, 9.17) is 0 Å². The van der Waals surface area contributed by atoms with Gasteiger partial charge < -0.3 is 4.98 Å². The van der Waals surface area contributed by atoms with Crippen molar-refractivity contribution in [1.82, 2.24) is 15.0 Å². The van der Waals surface area contributed by atoms with Crippen LogP contribution in [0.5, 0.6) is 0 Å². The molecule has 1 N–H and O–H groups in total. The minimum absolute atomic E-state index is 0.222. The zero-order chi connectivity index (χ0) is 18.9. The van der Waals surface area contributed by atoms with E-state index in [-0.39, 0.29) is 5.82 Å². The molecule has 0 aliphatic carbocycles. The van der Waals surface area contributed by atoms with Gasteiger partial charge in [0.25, 0.3) is 0 Å². The average molecular weight is 357 g/mol. The Morgan fingerprint density at radius 2 is 1.63 bits per heavy atom. The Morgan fingerprint density at radius 3 is 2.33 bits per heavy atom. The summed E-state index contributed by atoms with van der Waals surface area (Å²) in [6, 6.07) is 18.9. The number of halogens is 1. The molecule has 0 fully saturated rings. The fraction of sp³-hybridized carbons (Fsp3) is 0.130. The Bertz CT molecular complexity index is 1050. The van der Waals surface area contributed by atoms with E-state index in [9.17, 15) is 4.39 Å². The number of hydrogen-bond acceptors (Lipinski definition) is 2. The van der Waals surface area contributed by atoms with E-state index in [1.165, 1.54) is 0 Å². The van der Waals surface area contributed by atoms with Crippen molar-refractivity contribution in [3.63, 3.8) is 0 Å². The summed E-state index contributed by atoms with van der Waals surface area (Å²) in [5.74, 6) is 0.558. The van der Waals surface area contributed by atoms with Crippen molar-refractivity contribution in [2.45, 2.75) is 19.3 Å². The molecule has 0 radical (unpaired) electrons. The van der Waals surface area contributed by atoms with E-state index < -0.39 is 5.41 Å². The lowest BCUT2D eigenvalue weighted by Crippen LogP contribution is -2.19. The quantitative estimate of drug-likeness (QED) is 0.516. The highest BCUT2D eigenvalue weighted by molar-refractivity contribution is 5.65. The SMILES string of the molecule is CC(C)(c1ccc(-c2ccccc2)c(F)c1)c1cnc(-c2ccncc2)[nH]1. The Morgan fingerprint density at radius 1 is 0.889 bits per heavy atom. The van der Waals surface area contributed by atoms with Gasteiger partial charge in [-0.2, -0.15) is 0 Å². The van der Waals surface area contributed by atoms with Gasteiger partial charge >= 0.3 is 0 Å². The summed E-state index contributed by atoms with van der Waals surface area (Å²) in [6.45, 7) is 4.13. The van der Waals surface area contributed by atoms with Gasteiger partial charge in [0.1, 0.15) is 11.6 Å². The molecule has 0 saturated heterocycles. The molecule has 4 heteroatoms. The molecule has 0 aliphatic rings. The van der Waals surface area contributed by atoms with E-state index in [2.05, 4.69) is 28.8 Å². The predicted octanol–water partition coefficient (Wildman–Crippen LogP) is 5.60. The van der Waals surface area contributed by atoms with Crippen molar-refractivity contribution in [2.24, 2.45) is 0 Å². The topological polar surface area (TPSA) is 41.6 Å². The van der Waals surface area contributed by atoms with Crippen molar-refractivity contribution in [3.8, 4) is 22.5 Å². The minimum atomic E-state index is -0.408. The Balaban J connectivity index is 1.68. The molecule has 4 aromatic rings.